The predicted octanol–water partition coefficient (Wildman–Crippen LogP) is 2.93. The van der Waals surface area contributed by atoms with Gasteiger partial charge in [0.1, 0.15) is 5.82 Å². The van der Waals surface area contributed by atoms with Crippen LogP contribution in [0.2, 0.25) is 0 Å². The van der Waals surface area contributed by atoms with Gasteiger partial charge in [0.2, 0.25) is 0 Å². The van der Waals surface area contributed by atoms with Gasteiger partial charge in [-0.2, -0.15) is 0 Å². The molecule has 0 saturated carbocycles. The fourth-order valence-electron chi connectivity index (χ4n) is 1.35. The lowest BCUT2D eigenvalue weighted by atomic mass is 10.1. The zero-order valence-corrected chi connectivity index (χ0v) is 9.84. The molecular formula is C12H14ClFO2. The summed E-state index contributed by atoms with van der Waals surface area (Å²) < 4.78 is 17.4. The molecule has 1 aromatic rings. The fourth-order valence-corrected chi connectivity index (χ4v) is 1.65. The van der Waals surface area contributed by atoms with Crippen LogP contribution in [-0.2, 0) is 16.0 Å². The number of ether oxygens (including phenoxy) is 1. The summed E-state index contributed by atoms with van der Waals surface area (Å²) in [4.78, 5) is 11.1. The van der Waals surface area contributed by atoms with Gasteiger partial charge in [-0.15, -0.1) is 11.6 Å². The van der Waals surface area contributed by atoms with Crippen molar-refractivity contribution in [3.8, 4) is 0 Å². The number of esters is 1. The highest BCUT2D eigenvalue weighted by Gasteiger charge is 2.12. The zero-order chi connectivity index (χ0) is 12.0. The molecule has 0 saturated heterocycles. The van der Waals surface area contributed by atoms with Crippen molar-refractivity contribution in [2.75, 3.05) is 6.61 Å². The van der Waals surface area contributed by atoms with E-state index < -0.39 is 0 Å². The maximum absolute atomic E-state index is 12.6. The van der Waals surface area contributed by atoms with E-state index in [1.54, 1.807) is 19.1 Å². The van der Waals surface area contributed by atoms with E-state index >= 15 is 0 Å². The molecule has 0 fully saturated rings. The number of halogens is 2. The highest BCUT2D eigenvalue weighted by molar-refractivity contribution is 6.21. The monoisotopic (exact) mass is 244 g/mol. The molecule has 0 radical (unpaired) electrons. The molecule has 0 aliphatic rings. The number of hydrogen-bond donors (Lipinski definition) is 0. The number of rotatable bonds is 5. The molecule has 1 rings (SSSR count). The normalized spacial score (nSPS) is 12.2. The van der Waals surface area contributed by atoms with Crippen molar-refractivity contribution in [1.29, 1.82) is 0 Å². The number of carbonyl (C=O) groups is 1. The Hall–Kier alpha value is -1.09. The first kappa shape index (κ1) is 13.0. The average Bonchev–Trinajstić information content (AvgIpc) is 2.21. The van der Waals surface area contributed by atoms with E-state index in [2.05, 4.69) is 0 Å². The summed E-state index contributed by atoms with van der Waals surface area (Å²) in [5.74, 6) is -0.579. The van der Waals surface area contributed by atoms with Crippen molar-refractivity contribution in [1.82, 2.24) is 0 Å². The highest BCUT2D eigenvalue weighted by Crippen LogP contribution is 2.12. The Morgan fingerprint density at radius 1 is 1.44 bits per heavy atom. The van der Waals surface area contributed by atoms with Crippen molar-refractivity contribution >= 4 is 17.6 Å². The van der Waals surface area contributed by atoms with Crippen LogP contribution < -0.4 is 0 Å². The van der Waals surface area contributed by atoms with Gasteiger partial charge in [-0.05, 0) is 31.0 Å². The molecule has 1 unspecified atom stereocenters. The summed E-state index contributed by atoms with van der Waals surface area (Å²) in [6.07, 6.45) is 0.702. The van der Waals surface area contributed by atoms with Crippen LogP contribution in [0.4, 0.5) is 4.39 Å². The predicted molar refractivity (Wildman–Crippen MR) is 61.0 cm³/mol. The van der Waals surface area contributed by atoms with Crippen LogP contribution in [0.3, 0.4) is 0 Å². The lowest BCUT2D eigenvalue weighted by Gasteiger charge is -2.08. The number of benzene rings is 1. The summed E-state index contributed by atoms with van der Waals surface area (Å²) in [5.41, 5.74) is 0.908. The van der Waals surface area contributed by atoms with Crippen molar-refractivity contribution in [2.24, 2.45) is 0 Å². The molecule has 0 aliphatic carbocycles. The van der Waals surface area contributed by atoms with Crippen molar-refractivity contribution in [2.45, 2.75) is 25.1 Å². The van der Waals surface area contributed by atoms with Gasteiger partial charge < -0.3 is 4.74 Å². The van der Waals surface area contributed by atoms with E-state index in [9.17, 15) is 9.18 Å². The smallest absolute Gasteiger partial charge is 0.307 e. The highest BCUT2D eigenvalue weighted by atomic mass is 35.5. The maximum Gasteiger partial charge on any atom is 0.307 e. The van der Waals surface area contributed by atoms with Crippen LogP contribution >= 0.6 is 11.6 Å². The van der Waals surface area contributed by atoms with Gasteiger partial charge >= 0.3 is 5.97 Å². The summed E-state index contributed by atoms with van der Waals surface area (Å²) in [7, 11) is 0. The number of hydrogen-bond acceptors (Lipinski definition) is 2. The van der Waals surface area contributed by atoms with Crippen molar-refractivity contribution < 1.29 is 13.9 Å². The third kappa shape index (κ3) is 4.62. The van der Waals surface area contributed by atoms with Gasteiger partial charge in [-0.3, -0.25) is 4.79 Å². The Bertz CT molecular complexity index is 337. The van der Waals surface area contributed by atoms with Gasteiger partial charge in [-0.1, -0.05) is 12.1 Å². The lowest BCUT2D eigenvalue weighted by Crippen LogP contribution is -2.13. The SMILES string of the molecule is CCOC(=O)CC(Cl)Cc1ccc(F)cc1. The topological polar surface area (TPSA) is 26.3 Å². The standard InChI is InChI=1S/C12H14ClFO2/c1-2-16-12(15)8-10(13)7-9-3-5-11(14)6-4-9/h3-6,10H,2,7-8H2,1H3. The first-order valence-corrected chi connectivity index (χ1v) is 5.59. The maximum atomic E-state index is 12.6. The minimum Gasteiger partial charge on any atom is -0.466 e. The molecule has 0 N–H and O–H groups in total. The molecule has 1 aromatic carbocycles. The van der Waals surface area contributed by atoms with Gasteiger partial charge in [0, 0.05) is 5.38 Å². The van der Waals surface area contributed by atoms with E-state index in [-0.39, 0.29) is 23.6 Å². The van der Waals surface area contributed by atoms with Crippen LogP contribution in [0, 0.1) is 5.82 Å². The van der Waals surface area contributed by atoms with Crippen LogP contribution in [0.5, 0.6) is 0 Å². The van der Waals surface area contributed by atoms with Crippen LogP contribution in [-0.4, -0.2) is 18.0 Å². The van der Waals surface area contributed by atoms with E-state index in [4.69, 9.17) is 16.3 Å². The van der Waals surface area contributed by atoms with E-state index in [1.165, 1.54) is 12.1 Å². The average molecular weight is 245 g/mol. The summed E-state index contributed by atoms with van der Waals surface area (Å²) in [6.45, 7) is 2.11. The Morgan fingerprint density at radius 3 is 2.62 bits per heavy atom. The first-order chi connectivity index (χ1) is 7.61. The molecule has 2 nitrogen and oxygen atoms in total. The molecule has 0 heterocycles. The van der Waals surface area contributed by atoms with Crippen LogP contribution in [0.15, 0.2) is 24.3 Å². The Balaban J connectivity index is 2.42. The van der Waals surface area contributed by atoms with Gasteiger partial charge in [0.05, 0.1) is 13.0 Å². The second kappa shape index (κ2) is 6.48. The third-order valence-corrected chi connectivity index (χ3v) is 2.37. The molecule has 0 aliphatic heterocycles. The van der Waals surface area contributed by atoms with Crippen LogP contribution in [0.1, 0.15) is 18.9 Å². The molecule has 0 aromatic heterocycles. The second-order valence-electron chi connectivity index (χ2n) is 3.44. The molecule has 4 heteroatoms. The number of alkyl halides is 1. The largest absolute Gasteiger partial charge is 0.466 e. The van der Waals surface area contributed by atoms with Crippen molar-refractivity contribution in [3.63, 3.8) is 0 Å². The van der Waals surface area contributed by atoms with Crippen molar-refractivity contribution in [3.05, 3.63) is 35.6 Å². The number of carbonyl (C=O) groups excluding carboxylic acids is 1. The molecule has 0 spiro atoms. The zero-order valence-electron chi connectivity index (χ0n) is 9.08. The third-order valence-electron chi connectivity index (χ3n) is 2.06. The van der Waals surface area contributed by atoms with Gasteiger partial charge in [-0.25, -0.2) is 4.39 Å². The molecule has 16 heavy (non-hydrogen) atoms. The molecule has 1 atom stereocenters. The van der Waals surface area contributed by atoms with E-state index in [0.717, 1.165) is 5.56 Å². The minimum atomic E-state index is -0.315. The van der Waals surface area contributed by atoms with E-state index in [1.807, 2.05) is 0 Å². The first-order valence-electron chi connectivity index (χ1n) is 5.16. The quantitative estimate of drug-likeness (QED) is 0.588. The Morgan fingerprint density at radius 2 is 2.06 bits per heavy atom. The summed E-state index contributed by atoms with van der Waals surface area (Å²) >= 11 is 5.99. The summed E-state index contributed by atoms with van der Waals surface area (Å²) in [5, 5.41) is -0.315. The van der Waals surface area contributed by atoms with Gasteiger partial charge in [0.25, 0.3) is 0 Å². The van der Waals surface area contributed by atoms with Crippen LogP contribution in [0.25, 0.3) is 0 Å². The fraction of sp³-hybridized carbons (Fsp3) is 0.417. The Labute approximate surface area is 99.4 Å². The molecular weight excluding hydrogens is 231 g/mol. The molecule has 88 valence electrons. The Kier molecular flexibility index (Phi) is 5.26. The molecule has 0 amide bonds. The minimum absolute atomic E-state index is 0.173. The molecule has 0 bridgehead atoms. The van der Waals surface area contributed by atoms with E-state index in [0.29, 0.717) is 13.0 Å². The lowest BCUT2D eigenvalue weighted by molar-refractivity contribution is -0.143. The summed E-state index contributed by atoms with van der Waals surface area (Å²) in [6, 6.07) is 6.08. The van der Waals surface area contributed by atoms with Gasteiger partial charge in [0.15, 0.2) is 0 Å². The second-order valence-corrected chi connectivity index (χ2v) is 4.05.